The summed E-state index contributed by atoms with van der Waals surface area (Å²) in [5.41, 5.74) is 1.45. The van der Waals surface area contributed by atoms with E-state index in [2.05, 4.69) is 5.32 Å². The Labute approximate surface area is 199 Å². The van der Waals surface area contributed by atoms with Gasteiger partial charge in [-0.05, 0) is 48.7 Å². The minimum atomic E-state index is -4.02. The molecule has 1 N–H and O–H groups in total. The summed E-state index contributed by atoms with van der Waals surface area (Å²) in [6.07, 6.45) is 1.89. The molecule has 1 atom stereocenters. The van der Waals surface area contributed by atoms with Crippen molar-refractivity contribution in [3.05, 3.63) is 95.0 Å². The number of halogens is 1. The Hall–Kier alpha value is -2.87. The van der Waals surface area contributed by atoms with Crippen LogP contribution in [0.4, 0.5) is 5.69 Å². The fourth-order valence-corrected chi connectivity index (χ4v) is 5.55. The Morgan fingerprint density at radius 1 is 1.03 bits per heavy atom. The molecule has 1 heterocycles. The first-order valence-electron chi connectivity index (χ1n) is 10.8. The maximum absolute atomic E-state index is 13.7. The number of amides is 1. The zero-order chi connectivity index (χ0) is 23.3. The fraction of sp³-hybridized carbons (Fsp3) is 0.240. The van der Waals surface area contributed by atoms with Crippen LogP contribution < -0.4 is 9.62 Å². The Morgan fingerprint density at radius 2 is 1.79 bits per heavy atom. The van der Waals surface area contributed by atoms with Crippen molar-refractivity contribution in [3.8, 4) is 0 Å². The maximum Gasteiger partial charge on any atom is 0.264 e. The number of carbonyl (C=O) groups is 1. The second-order valence-corrected chi connectivity index (χ2v) is 10.1. The highest BCUT2D eigenvalue weighted by molar-refractivity contribution is 7.92. The first-order chi connectivity index (χ1) is 15.9. The molecule has 1 amide bonds. The van der Waals surface area contributed by atoms with Crippen molar-refractivity contribution >= 4 is 33.2 Å². The molecule has 1 aliphatic rings. The van der Waals surface area contributed by atoms with Gasteiger partial charge in [0.2, 0.25) is 0 Å². The van der Waals surface area contributed by atoms with E-state index in [1.54, 1.807) is 36.4 Å². The zero-order valence-corrected chi connectivity index (χ0v) is 19.6. The second-order valence-electron chi connectivity index (χ2n) is 7.82. The van der Waals surface area contributed by atoms with Crippen LogP contribution in [0, 0.1) is 0 Å². The van der Waals surface area contributed by atoms with Gasteiger partial charge in [0.1, 0.15) is 0 Å². The third-order valence-corrected chi connectivity index (χ3v) is 7.56. The molecule has 0 aromatic heterocycles. The summed E-state index contributed by atoms with van der Waals surface area (Å²) in [7, 11) is -4.02. The monoisotopic (exact) mass is 484 g/mol. The Kier molecular flexibility index (Phi) is 7.33. The molecule has 1 fully saturated rings. The van der Waals surface area contributed by atoms with Crippen molar-refractivity contribution < 1.29 is 17.9 Å². The first kappa shape index (κ1) is 23.3. The molecule has 33 heavy (non-hydrogen) atoms. The first-order valence-corrected chi connectivity index (χ1v) is 12.6. The van der Waals surface area contributed by atoms with Crippen molar-refractivity contribution in [1.82, 2.24) is 5.32 Å². The molecule has 4 rings (SSSR count). The number of nitrogens with zero attached hydrogens (tertiary/aromatic N) is 1. The Morgan fingerprint density at radius 3 is 2.52 bits per heavy atom. The van der Waals surface area contributed by atoms with Gasteiger partial charge < -0.3 is 10.1 Å². The lowest BCUT2D eigenvalue weighted by atomic mass is 10.2. The highest BCUT2D eigenvalue weighted by Crippen LogP contribution is 2.32. The van der Waals surface area contributed by atoms with Crippen molar-refractivity contribution in [2.24, 2.45) is 0 Å². The maximum atomic E-state index is 13.7. The molecule has 0 spiro atoms. The Bertz CT molecular complexity index is 1210. The number of nitrogens with one attached hydrogen (secondary N) is 1. The predicted molar refractivity (Wildman–Crippen MR) is 129 cm³/mol. The highest BCUT2D eigenvalue weighted by atomic mass is 35.5. The molecule has 0 aliphatic carbocycles. The number of sulfonamides is 1. The molecule has 6 nitrogen and oxygen atoms in total. The standard InChI is InChI=1S/C25H25ClN2O4S/c26-23-13-4-5-14-24(23)28(18-19-8-2-1-3-9-19)33(30,31)22-12-6-10-20(16-22)25(29)27-17-21-11-7-15-32-21/h1-6,8-10,12-14,16,21H,7,11,15,17-18H2,(H,27,29)/t21-/m1/s1. The average molecular weight is 485 g/mol. The largest absolute Gasteiger partial charge is 0.376 e. The number of anilines is 1. The summed E-state index contributed by atoms with van der Waals surface area (Å²) in [6.45, 7) is 1.20. The predicted octanol–water partition coefficient (Wildman–Crippen LogP) is 4.64. The van der Waals surface area contributed by atoms with E-state index in [-0.39, 0.29) is 29.0 Å². The minimum Gasteiger partial charge on any atom is -0.376 e. The summed E-state index contributed by atoms with van der Waals surface area (Å²) >= 11 is 6.38. The molecule has 0 unspecified atom stereocenters. The number of benzene rings is 3. The fourth-order valence-electron chi connectivity index (χ4n) is 3.74. The third-order valence-electron chi connectivity index (χ3n) is 5.49. The van der Waals surface area contributed by atoms with Crippen LogP contribution in [0.15, 0.2) is 83.8 Å². The molecule has 3 aromatic carbocycles. The molecule has 0 bridgehead atoms. The van der Waals surface area contributed by atoms with Crippen molar-refractivity contribution in [1.29, 1.82) is 0 Å². The van der Waals surface area contributed by atoms with Crippen LogP contribution >= 0.6 is 11.6 Å². The Balaban J connectivity index is 1.64. The number of para-hydroxylation sites is 1. The normalized spacial score (nSPS) is 15.8. The average Bonchev–Trinajstić information content (AvgIpc) is 3.36. The molecule has 1 aliphatic heterocycles. The molecule has 1 saturated heterocycles. The van der Waals surface area contributed by atoms with Crippen molar-refractivity contribution in [2.45, 2.75) is 30.4 Å². The zero-order valence-electron chi connectivity index (χ0n) is 18.0. The van der Waals surface area contributed by atoms with Crippen LogP contribution in [-0.4, -0.2) is 33.6 Å². The van der Waals surface area contributed by atoms with E-state index >= 15 is 0 Å². The van der Waals surface area contributed by atoms with Gasteiger partial charge in [-0.25, -0.2) is 8.42 Å². The lowest BCUT2D eigenvalue weighted by Gasteiger charge is -2.26. The van der Waals surface area contributed by atoms with E-state index in [4.69, 9.17) is 16.3 Å². The minimum absolute atomic E-state index is 0.00227. The van der Waals surface area contributed by atoms with Crippen LogP contribution in [-0.2, 0) is 21.3 Å². The number of carbonyl (C=O) groups excluding carboxylic acids is 1. The lowest BCUT2D eigenvalue weighted by molar-refractivity contribution is 0.0857. The van der Waals surface area contributed by atoms with E-state index in [1.165, 1.54) is 16.4 Å². The summed E-state index contributed by atoms with van der Waals surface area (Å²) in [5.74, 6) is -0.338. The second kappa shape index (κ2) is 10.4. The smallest absolute Gasteiger partial charge is 0.264 e. The van der Waals surface area contributed by atoms with Gasteiger partial charge in [0.15, 0.2) is 0 Å². The van der Waals surface area contributed by atoms with Crippen LogP contribution in [0.1, 0.15) is 28.8 Å². The van der Waals surface area contributed by atoms with Gasteiger partial charge in [0, 0.05) is 18.7 Å². The van der Waals surface area contributed by atoms with E-state index in [0.29, 0.717) is 23.9 Å². The van der Waals surface area contributed by atoms with Crippen LogP contribution in [0.3, 0.4) is 0 Å². The van der Waals surface area contributed by atoms with Gasteiger partial charge in [0.05, 0.1) is 28.3 Å². The highest BCUT2D eigenvalue weighted by Gasteiger charge is 2.27. The molecule has 3 aromatic rings. The summed E-state index contributed by atoms with van der Waals surface area (Å²) < 4.78 is 34.3. The van der Waals surface area contributed by atoms with Crippen LogP contribution in [0.25, 0.3) is 0 Å². The summed E-state index contributed by atoms with van der Waals surface area (Å²) in [5, 5.41) is 3.16. The van der Waals surface area contributed by atoms with E-state index in [0.717, 1.165) is 18.4 Å². The molecular weight excluding hydrogens is 460 g/mol. The molecule has 0 saturated carbocycles. The topological polar surface area (TPSA) is 75.7 Å². The van der Waals surface area contributed by atoms with Crippen molar-refractivity contribution in [2.75, 3.05) is 17.5 Å². The number of hydrogen-bond donors (Lipinski definition) is 1. The van der Waals surface area contributed by atoms with Crippen molar-refractivity contribution in [3.63, 3.8) is 0 Å². The lowest BCUT2D eigenvalue weighted by Crippen LogP contribution is -2.33. The molecular formula is C25H25ClN2O4S. The summed E-state index contributed by atoms with van der Waals surface area (Å²) in [4.78, 5) is 12.7. The quantitative estimate of drug-likeness (QED) is 0.505. The van der Waals surface area contributed by atoms with Gasteiger partial charge in [-0.15, -0.1) is 0 Å². The third kappa shape index (κ3) is 5.55. The van der Waals surface area contributed by atoms with Gasteiger partial charge in [-0.1, -0.05) is 60.1 Å². The summed E-state index contributed by atoms with van der Waals surface area (Å²) in [6, 6.07) is 22.1. The number of hydrogen-bond acceptors (Lipinski definition) is 4. The van der Waals surface area contributed by atoms with E-state index in [9.17, 15) is 13.2 Å². The van der Waals surface area contributed by atoms with Crippen LogP contribution in [0.5, 0.6) is 0 Å². The molecule has 172 valence electrons. The van der Waals surface area contributed by atoms with E-state index < -0.39 is 10.0 Å². The molecule has 0 radical (unpaired) electrons. The van der Waals surface area contributed by atoms with Gasteiger partial charge in [-0.3, -0.25) is 9.10 Å². The van der Waals surface area contributed by atoms with Gasteiger partial charge in [0.25, 0.3) is 15.9 Å². The van der Waals surface area contributed by atoms with Gasteiger partial charge in [-0.2, -0.15) is 0 Å². The molecule has 8 heteroatoms. The number of rotatable bonds is 8. The van der Waals surface area contributed by atoms with Crippen LogP contribution in [0.2, 0.25) is 5.02 Å². The van der Waals surface area contributed by atoms with Gasteiger partial charge >= 0.3 is 0 Å². The van der Waals surface area contributed by atoms with E-state index in [1.807, 2.05) is 30.3 Å². The SMILES string of the molecule is O=C(NC[C@H]1CCCO1)c1cccc(S(=O)(=O)N(Cc2ccccc2)c2ccccc2Cl)c1. The number of ether oxygens (including phenoxy) is 1.